The van der Waals surface area contributed by atoms with Gasteiger partial charge in [-0.2, -0.15) is 0 Å². The quantitative estimate of drug-likeness (QED) is 0.187. The van der Waals surface area contributed by atoms with Crippen molar-refractivity contribution < 1.29 is 8.83 Å². The average molecular weight is 665 g/mol. The molecule has 2 unspecified atom stereocenters. The Hall–Kier alpha value is -6.64. The molecule has 0 N–H and O–H groups in total. The van der Waals surface area contributed by atoms with Crippen molar-refractivity contribution >= 4 is 55.3 Å². The molecular formula is C50H32O2. The Morgan fingerprint density at radius 2 is 1.10 bits per heavy atom. The number of hydrogen-bond acceptors (Lipinski definition) is 2. The highest BCUT2D eigenvalue weighted by atomic mass is 16.3. The van der Waals surface area contributed by atoms with E-state index in [1.54, 1.807) is 0 Å². The normalized spacial score (nSPS) is 16.4. The first-order valence-electron chi connectivity index (χ1n) is 18.0. The van der Waals surface area contributed by atoms with Crippen molar-refractivity contribution in [2.45, 2.75) is 5.92 Å². The maximum absolute atomic E-state index is 6.64. The molecule has 0 spiro atoms. The molecule has 2 aliphatic rings. The number of allylic oxidation sites excluding steroid dienone is 5. The predicted octanol–water partition coefficient (Wildman–Crippen LogP) is 13.9. The fourth-order valence-electron chi connectivity index (χ4n) is 8.59. The lowest BCUT2D eigenvalue weighted by atomic mass is 9.72. The van der Waals surface area contributed by atoms with Gasteiger partial charge < -0.3 is 8.83 Å². The predicted molar refractivity (Wildman–Crippen MR) is 216 cm³/mol. The van der Waals surface area contributed by atoms with Crippen LogP contribution in [0.3, 0.4) is 0 Å². The molecular weight excluding hydrogens is 633 g/mol. The SMILES string of the molecule is C1=CC2C(c3ccccc3)=Cc3oc4ccc(-c5cc(-c6ccc7ccccc7c6)cc(-c6cccc7oc8ccccc8c67)c5)cc4c3C2C=C1. The second-order valence-corrected chi connectivity index (χ2v) is 14.0. The molecule has 2 atom stereocenters. The summed E-state index contributed by atoms with van der Waals surface area (Å²) in [6.07, 6.45) is 11.3. The largest absolute Gasteiger partial charge is 0.456 e. The fourth-order valence-corrected chi connectivity index (χ4v) is 8.59. The minimum Gasteiger partial charge on any atom is -0.456 e. The number of rotatable bonds is 4. The van der Waals surface area contributed by atoms with Crippen molar-refractivity contribution in [3.05, 3.63) is 193 Å². The molecule has 0 amide bonds. The first kappa shape index (κ1) is 29.1. The van der Waals surface area contributed by atoms with Crippen LogP contribution in [0.5, 0.6) is 0 Å². The van der Waals surface area contributed by atoms with Gasteiger partial charge >= 0.3 is 0 Å². The van der Waals surface area contributed by atoms with Crippen LogP contribution in [0.15, 0.2) is 185 Å². The Morgan fingerprint density at radius 1 is 0.404 bits per heavy atom. The maximum Gasteiger partial charge on any atom is 0.136 e. The van der Waals surface area contributed by atoms with Crippen LogP contribution in [-0.2, 0) is 0 Å². The second-order valence-electron chi connectivity index (χ2n) is 14.0. The second kappa shape index (κ2) is 11.4. The van der Waals surface area contributed by atoms with Gasteiger partial charge in [-0.15, -0.1) is 0 Å². The molecule has 2 nitrogen and oxygen atoms in total. The summed E-state index contributed by atoms with van der Waals surface area (Å²) in [5.41, 5.74) is 13.5. The molecule has 7 aromatic carbocycles. The van der Waals surface area contributed by atoms with Crippen LogP contribution < -0.4 is 0 Å². The maximum atomic E-state index is 6.64. The van der Waals surface area contributed by atoms with E-state index in [2.05, 4.69) is 176 Å². The van der Waals surface area contributed by atoms with Crippen LogP contribution in [0.2, 0.25) is 0 Å². The molecule has 0 bridgehead atoms. The number of furan rings is 2. The molecule has 2 heteroatoms. The highest BCUT2D eigenvalue weighted by Gasteiger charge is 2.34. The molecule has 2 heterocycles. The van der Waals surface area contributed by atoms with Gasteiger partial charge in [0.05, 0.1) is 0 Å². The third-order valence-electron chi connectivity index (χ3n) is 11.0. The summed E-state index contributed by atoms with van der Waals surface area (Å²) in [7, 11) is 0. The molecule has 52 heavy (non-hydrogen) atoms. The zero-order chi connectivity index (χ0) is 34.2. The first-order valence-corrected chi connectivity index (χ1v) is 18.0. The first-order chi connectivity index (χ1) is 25.7. The van der Waals surface area contributed by atoms with Gasteiger partial charge in [0, 0.05) is 33.6 Å². The zero-order valence-electron chi connectivity index (χ0n) is 28.3. The summed E-state index contributed by atoms with van der Waals surface area (Å²) in [4.78, 5) is 0. The monoisotopic (exact) mass is 664 g/mol. The van der Waals surface area contributed by atoms with E-state index in [1.165, 1.54) is 44.0 Å². The molecule has 2 aromatic heterocycles. The Kier molecular flexibility index (Phi) is 6.41. The van der Waals surface area contributed by atoms with Gasteiger partial charge in [0.25, 0.3) is 0 Å². The zero-order valence-corrected chi connectivity index (χ0v) is 28.3. The highest BCUT2D eigenvalue weighted by molar-refractivity contribution is 6.13. The highest BCUT2D eigenvalue weighted by Crippen LogP contribution is 2.50. The number of fused-ring (bicyclic) bond motifs is 9. The summed E-state index contributed by atoms with van der Waals surface area (Å²) < 4.78 is 13.0. The molecule has 244 valence electrons. The smallest absolute Gasteiger partial charge is 0.136 e. The number of hydrogen-bond donors (Lipinski definition) is 0. The summed E-state index contributed by atoms with van der Waals surface area (Å²) in [5, 5.41) is 5.91. The van der Waals surface area contributed by atoms with E-state index in [0.717, 1.165) is 55.5 Å². The minimum absolute atomic E-state index is 0.197. The summed E-state index contributed by atoms with van der Waals surface area (Å²) in [6.45, 7) is 0. The van der Waals surface area contributed by atoms with E-state index in [-0.39, 0.29) is 11.8 Å². The van der Waals surface area contributed by atoms with Gasteiger partial charge in [-0.3, -0.25) is 0 Å². The van der Waals surface area contributed by atoms with Crippen molar-refractivity contribution in [3.8, 4) is 33.4 Å². The third kappa shape index (κ3) is 4.58. The van der Waals surface area contributed by atoms with Gasteiger partial charge in [-0.05, 0) is 110 Å². The van der Waals surface area contributed by atoms with Gasteiger partial charge in [0.1, 0.15) is 22.5 Å². The molecule has 11 rings (SSSR count). The van der Waals surface area contributed by atoms with E-state index in [1.807, 2.05) is 6.07 Å². The molecule has 0 fully saturated rings. The van der Waals surface area contributed by atoms with Crippen molar-refractivity contribution in [1.29, 1.82) is 0 Å². The van der Waals surface area contributed by atoms with Crippen molar-refractivity contribution in [2.75, 3.05) is 0 Å². The third-order valence-corrected chi connectivity index (χ3v) is 11.0. The summed E-state index contributed by atoms with van der Waals surface area (Å²) >= 11 is 0. The number of benzene rings is 7. The van der Waals surface area contributed by atoms with Crippen LogP contribution in [0.4, 0.5) is 0 Å². The Bertz CT molecular complexity index is 2970. The van der Waals surface area contributed by atoms with E-state index in [0.29, 0.717) is 0 Å². The lowest BCUT2D eigenvalue weighted by Gasteiger charge is -2.30. The standard InChI is InChI=1S/C50H32O2/c1-2-12-32(13-3-1)43-30-48-50(41-16-7-6-15-40(41)43)44-29-35(23-24-46(44)52-48)37-26-36(34-22-21-31-11-4-5-14-33(31)25-34)27-38(28-37)39-18-10-20-47-49(39)42-17-8-9-19-45(42)51-47/h1-30,40-41H. The molecule has 0 aliphatic heterocycles. The van der Waals surface area contributed by atoms with Crippen LogP contribution in [0.25, 0.3) is 88.7 Å². The average Bonchev–Trinajstić information content (AvgIpc) is 3.79. The van der Waals surface area contributed by atoms with Crippen LogP contribution in [0, 0.1) is 5.92 Å². The van der Waals surface area contributed by atoms with Crippen LogP contribution in [0.1, 0.15) is 22.8 Å². The van der Waals surface area contributed by atoms with Crippen LogP contribution >= 0.6 is 0 Å². The Balaban J connectivity index is 1.13. The van der Waals surface area contributed by atoms with Gasteiger partial charge in [0.2, 0.25) is 0 Å². The lowest BCUT2D eigenvalue weighted by molar-refractivity contribution is 0.581. The molecule has 0 radical (unpaired) electrons. The van der Waals surface area contributed by atoms with Gasteiger partial charge in [-0.1, -0.05) is 127 Å². The van der Waals surface area contributed by atoms with Gasteiger partial charge in [0.15, 0.2) is 0 Å². The van der Waals surface area contributed by atoms with E-state index < -0.39 is 0 Å². The minimum atomic E-state index is 0.197. The number of para-hydroxylation sites is 1. The lowest BCUT2D eigenvalue weighted by Crippen LogP contribution is -2.17. The van der Waals surface area contributed by atoms with E-state index in [9.17, 15) is 0 Å². The topological polar surface area (TPSA) is 26.3 Å². The Labute approximate surface area is 301 Å². The molecule has 2 aliphatic carbocycles. The molecule has 0 saturated carbocycles. The Morgan fingerprint density at radius 3 is 1.98 bits per heavy atom. The van der Waals surface area contributed by atoms with Crippen molar-refractivity contribution in [1.82, 2.24) is 0 Å². The molecule has 0 saturated heterocycles. The van der Waals surface area contributed by atoms with Gasteiger partial charge in [-0.25, -0.2) is 0 Å². The summed E-state index contributed by atoms with van der Waals surface area (Å²) in [5.74, 6) is 1.40. The van der Waals surface area contributed by atoms with E-state index >= 15 is 0 Å². The van der Waals surface area contributed by atoms with Crippen LogP contribution in [-0.4, -0.2) is 0 Å². The van der Waals surface area contributed by atoms with Crippen molar-refractivity contribution in [2.24, 2.45) is 5.92 Å². The summed E-state index contributed by atoms with van der Waals surface area (Å²) in [6, 6.07) is 54.5. The van der Waals surface area contributed by atoms with E-state index in [4.69, 9.17) is 8.83 Å². The fraction of sp³-hybridized carbons (Fsp3) is 0.0400. The molecule has 9 aromatic rings. The van der Waals surface area contributed by atoms with Crippen molar-refractivity contribution in [3.63, 3.8) is 0 Å².